The van der Waals surface area contributed by atoms with Crippen LogP contribution in [0.5, 0.6) is 0 Å². The third-order valence-corrected chi connectivity index (χ3v) is 3.83. The van der Waals surface area contributed by atoms with E-state index in [0.29, 0.717) is 11.3 Å². The second kappa shape index (κ2) is 8.42. The molecule has 2 atom stereocenters. The fraction of sp³-hybridized carbons (Fsp3) is 0.300. The van der Waals surface area contributed by atoms with Crippen molar-refractivity contribution < 1.29 is 14.3 Å². The molecule has 0 spiro atoms. The van der Waals surface area contributed by atoms with E-state index in [-0.39, 0.29) is 11.9 Å². The summed E-state index contributed by atoms with van der Waals surface area (Å²) in [5.74, 6) is -2.10. The molecule has 132 valence electrons. The van der Waals surface area contributed by atoms with E-state index < -0.39 is 11.9 Å². The summed E-state index contributed by atoms with van der Waals surface area (Å²) in [7, 11) is 1.75. The second-order valence-electron chi connectivity index (χ2n) is 5.94. The predicted molar refractivity (Wildman–Crippen MR) is 97.0 cm³/mol. The van der Waals surface area contributed by atoms with Crippen molar-refractivity contribution >= 4 is 11.7 Å². The van der Waals surface area contributed by atoms with Crippen molar-refractivity contribution in [1.29, 1.82) is 0 Å². The lowest BCUT2D eigenvalue weighted by Gasteiger charge is -2.23. The SMILES string of the molecule is CCC.CN1N=C(c2ccc(F)cc2)C(C(=O)O)C1c1ccccc1. The topological polar surface area (TPSA) is 52.9 Å². The van der Waals surface area contributed by atoms with Gasteiger partial charge in [0, 0.05) is 7.05 Å². The molecule has 1 N–H and O–H groups in total. The van der Waals surface area contributed by atoms with Crippen LogP contribution in [0.25, 0.3) is 0 Å². The molecule has 1 heterocycles. The minimum absolute atomic E-state index is 0.359. The van der Waals surface area contributed by atoms with Crippen LogP contribution in [0.3, 0.4) is 0 Å². The summed E-state index contributed by atoms with van der Waals surface area (Å²) in [4.78, 5) is 11.8. The third-order valence-electron chi connectivity index (χ3n) is 3.83. The Labute approximate surface area is 147 Å². The van der Waals surface area contributed by atoms with Gasteiger partial charge in [0.2, 0.25) is 0 Å². The maximum atomic E-state index is 13.1. The van der Waals surface area contributed by atoms with Gasteiger partial charge >= 0.3 is 5.97 Å². The number of carbonyl (C=O) groups is 1. The molecular formula is C20H23FN2O2. The van der Waals surface area contributed by atoms with Gasteiger partial charge in [-0.2, -0.15) is 5.10 Å². The number of benzene rings is 2. The smallest absolute Gasteiger partial charge is 0.315 e. The Bertz CT molecular complexity index is 729. The molecule has 0 saturated carbocycles. The molecule has 4 nitrogen and oxygen atoms in total. The second-order valence-corrected chi connectivity index (χ2v) is 5.94. The molecule has 0 aromatic heterocycles. The molecule has 2 unspecified atom stereocenters. The molecule has 5 heteroatoms. The van der Waals surface area contributed by atoms with Gasteiger partial charge in [-0.15, -0.1) is 0 Å². The minimum atomic E-state index is -0.943. The molecule has 3 rings (SSSR count). The van der Waals surface area contributed by atoms with E-state index in [1.165, 1.54) is 18.6 Å². The van der Waals surface area contributed by atoms with Gasteiger partial charge in [0.1, 0.15) is 11.7 Å². The highest BCUT2D eigenvalue weighted by Gasteiger charge is 2.42. The number of carboxylic acid groups (broad SMARTS) is 1. The molecule has 0 saturated heterocycles. The molecule has 0 aliphatic carbocycles. The van der Waals surface area contributed by atoms with Crippen LogP contribution in [0.1, 0.15) is 37.4 Å². The average Bonchev–Trinajstić information content (AvgIpc) is 2.94. The summed E-state index contributed by atoms with van der Waals surface area (Å²) in [5, 5.41) is 15.7. The van der Waals surface area contributed by atoms with Gasteiger partial charge in [0.05, 0.1) is 11.8 Å². The van der Waals surface area contributed by atoms with Crippen LogP contribution in [-0.4, -0.2) is 28.8 Å². The van der Waals surface area contributed by atoms with Crippen molar-refractivity contribution in [1.82, 2.24) is 5.01 Å². The summed E-state index contributed by atoms with van der Waals surface area (Å²) in [6, 6.07) is 14.8. The molecule has 0 fully saturated rings. The van der Waals surface area contributed by atoms with Crippen molar-refractivity contribution in [2.24, 2.45) is 11.0 Å². The molecule has 0 radical (unpaired) electrons. The van der Waals surface area contributed by atoms with Crippen molar-refractivity contribution in [3.8, 4) is 0 Å². The number of hydrogen-bond acceptors (Lipinski definition) is 3. The summed E-state index contributed by atoms with van der Waals surface area (Å²) in [6.45, 7) is 4.25. The fourth-order valence-electron chi connectivity index (χ4n) is 2.83. The van der Waals surface area contributed by atoms with Gasteiger partial charge in [-0.25, -0.2) is 4.39 Å². The first-order valence-electron chi connectivity index (χ1n) is 8.34. The average molecular weight is 342 g/mol. The van der Waals surface area contributed by atoms with Crippen molar-refractivity contribution in [2.45, 2.75) is 26.3 Å². The zero-order valence-corrected chi connectivity index (χ0v) is 14.7. The first-order valence-corrected chi connectivity index (χ1v) is 8.34. The van der Waals surface area contributed by atoms with E-state index in [4.69, 9.17) is 0 Å². The summed E-state index contributed by atoms with van der Waals surface area (Å²) in [5.41, 5.74) is 1.96. The zero-order chi connectivity index (χ0) is 18.4. The first-order chi connectivity index (χ1) is 12.0. The van der Waals surface area contributed by atoms with Crippen LogP contribution in [0.2, 0.25) is 0 Å². The molecule has 1 aliphatic heterocycles. The van der Waals surface area contributed by atoms with Crippen molar-refractivity contribution in [2.75, 3.05) is 7.05 Å². The Hall–Kier alpha value is -2.69. The molecule has 2 aromatic carbocycles. The first kappa shape index (κ1) is 18.6. The van der Waals surface area contributed by atoms with E-state index in [1.54, 1.807) is 24.2 Å². The lowest BCUT2D eigenvalue weighted by molar-refractivity contribution is -0.140. The highest BCUT2D eigenvalue weighted by Crippen LogP contribution is 2.36. The lowest BCUT2D eigenvalue weighted by Crippen LogP contribution is -2.30. The van der Waals surface area contributed by atoms with Gasteiger partial charge < -0.3 is 5.11 Å². The van der Waals surface area contributed by atoms with Crippen LogP contribution >= 0.6 is 0 Å². The van der Waals surface area contributed by atoms with Crippen LogP contribution in [0.4, 0.5) is 4.39 Å². The van der Waals surface area contributed by atoms with Crippen LogP contribution in [-0.2, 0) is 4.79 Å². The maximum Gasteiger partial charge on any atom is 0.315 e. The zero-order valence-electron chi connectivity index (χ0n) is 14.7. The van der Waals surface area contributed by atoms with E-state index in [0.717, 1.165) is 5.56 Å². The summed E-state index contributed by atoms with van der Waals surface area (Å²) < 4.78 is 13.1. The third kappa shape index (κ3) is 4.24. The van der Waals surface area contributed by atoms with E-state index in [1.807, 2.05) is 30.3 Å². The van der Waals surface area contributed by atoms with E-state index in [2.05, 4.69) is 18.9 Å². The Morgan fingerprint density at radius 3 is 2.20 bits per heavy atom. The number of nitrogens with zero attached hydrogens (tertiary/aromatic N) is 2. The van der Waals surface area contributed by atoms with E-state index >= 15 is 0 Å². The number of aliphatic carboxylic acids is 1. The normalized spacial score (nSPS) is 19.0. The quantitative estimate of drug-likeness (QED) is 0.903. The Morgan fingerprint density at radius 2 is 1.68 bits per heavy atom. The minimum Gasteiger partial charge on any atom is -0.481 e. The van der Waals surface area contributed by atoms with Gasteiger partial charge in [-0.1, -0.05) is 62.7 Å². The Kier molecular flexibility index (Phi) is 6.28. The van der Waals surface area contributed by atoms with Crippen molar-refractivity contribution in [3.05, 3.63) is 71.5 Å². The van der Waals surface area contributed by atoms with Crippen molar-refractivity contribution in [3.63, 3.8) is 0 Å². The van der Waals surface area contributed by atoms with Gasteiger partial charge in [-0.3, -0.25) is 9.80 Å². The van der Waals surface area contributed by atoms with Crippen LogP contribution < -0.4 is 0 Å². The molecule has 25 heavy (non-hydrogen) atoms. The Balaban J connectivity index is 0.000000701. The van der Waals surface area contributed by atoms with Crippen LogP contribution in [0.15, 0.2) is 59.7 Å². The standard InChI is InChI=1S/C17H15FN2O2.C3H8/c1-20-16(12-5-3-2-4-6-12)14(17(21)22)15(19-20)11-7-9-13(18)10-8-11;1-3-2/h2-10,14,16H,1H3,(H,21,22);3H2,1-2H3. The highest BCUT2D eigenvalue weighted by molar-refractivity contribution is 6.13. The number of rotatable bonds is 3. The number of hydrogen-bond donors (Lipinski definition) is 1. The fourth-order valence-corrected chi connectivity index (χ4v) is 2.83. The molecule has 0 bridgehead atoms. The van der Waals surface area contributed by atoms with Gasteiger partial charge in [0.25, 0.3) is 0 Å². The van der Waals surface area contributed by atoms with E-state index in [9.17, 15) is 14.3 Å². The largest absolute Gasteiger partial charge is 0.481 e. The molecular weight excluding hydrogens is 319 g/mol. The molecule has 0 amide bonds. The van der Waals surface area contributed by atoms with Crippen LogP contribution in [0, 0.1) is 11.7 Å². The Morgan fingerprint density at radius 1 is 1.12 bits per heavy atom. The molecule has 2 aromatic rings. The van der Waals surface area contributed by atoms with Gasteiger partial charge in [-0.05, 0) is 23.3 Å². The molecule has 1 aliphatic rings. The number of carboxylic acids is 1. The highest BCUT2D eigenvalue weighted by atomic mass is 19.1. The summed E-state index contributed by atoms with van der Waals surface area (Å²) >= 11 is 0. The lowest BCUT2D eigenvalue weighted by atomic mass is 9.87. The predicted octanol–water partition coefficient (Wildman–Crippen LogP) is 4.33. The number of hydrazone groups is 1. The number of halogens is 1. The summed E-state index contributed by atoms with van der Waals surface area (Å²) in [6.07, 6.45) is 1.25. The monoisotopic (exact) mass is 342 g/mol. The maximum absolute atomic E-state index is 13.1. The van der Waals surface area contributed by atoms with Gasteiger partial charge in [0.15, 0.2) is 0 Å².